The molecule has 0 saturated heterocycles. The first kappa shape index (κ1) is 16.0. The van der Waals surface area contributed by atoms with Crippen LogP contribution in [-0.4, -0.2) is 26.0 Å². The molecule has 7 heteroatoms. The van der Waals surface area contributed by atoms with E-state index in [2.05, 4.69) is 27.8 Å². The maximum absolute atomic E-state index is 12.5. The lowest BCUT2D eigenvalue weighted by atomic mass is 10.1. The summed E-state index contributed by atoms with van der Waals surface area (Å²) >= 11 is 1.53. The minimum atomic E-state index is -0.662. The average molecular weight is 354 g/mol. The zero-order valence-electron chi connectivity index (χ0n) is 13.5. The van der Waals surface area contributed by atoms with Crippen molar-refractivity contribution in [2.24, 2.45) is 0 Å². The number of carbonyl (C=O) groups excluding carboxylic acids is 1. The first-order valence-corrected chi connectivity index (χ1v) is 9.14. The first-order valence-electron chi connectivity index (χ1n) is 8.19. The van der Waals surface area contributed by atoms with E-state index >= 15 is 0 Å². The molecule has 2 heterocycles. The van der Waals surface area contributed by atoms with Gasteiger partial charge in [0.2, 0.25) is 0 Å². The molecule has 6 nitrogen and oxygen atoms in total. The van der Waals surface area contributed by atoms with Gasteiger partial charge in [-0.2, -0.15) is 11.3 Å². The van der Waals surface area contributed by atoms with Crippen molar-refractivity contribution < 1.29 is 9.90 Å². The number of thiophene rings is 1. The molecule has 2 N–H and O–H groups in total. The molecule has 1 aromatic carbocycles. The summed E-state index contributed by atoms with van der Waals surface area (Å²) in [6.07, 6.45) is 2.79. The number of benzene rings is 1. The maximum Gasteiger partial charge on any atom is 0.273 e. The molecule has 0 saturated carbocycles. The van der Waals surface area contributed by atoms with Gasteiger partial charge >= 0.3 is 0 Å². The molecule has 1 aliphatic rings. The second-order valence-corrected chi connectivity index (χ2v) is 6.94. The lowest BCUT2D eigenvalue weighted by Gasteiger charge is -2.12. The quantitative estimate of drug-likeness (QED) is 0.738. The average Bonchev–Trinajstić information content (AvgIpc) is 3.36. The molecule has 3 aromatic rings. The summed E-state index contributed by atoms with van der Waals surface area (Å²) in [5, 5.41) is 24.9. The number of aliphatic hydroxyl groups is 1. The van der Waals surface area contributed by atoms with Crippen LogP contribution in [0.2, 0.25) is 0 Å². The SMILES string of the molecule is O=C(N[C@@H]1CCc2ccccc21)c1cn(C[C@H](O)c2ccsc2)nn1. The largest absolute Gasteiger partial charge is 0.386 e. The number of hydrogen-bond donors (Lipinski definition) is 2. The number of aliphatic hydroxyl groups excluding tert-OH is 1. The fourth-order valence-electron chi connectivity index (χ4n) is 3.18. The number of fused-ring (bicyclic) bond motifs is 1. The van der Waals surface area contributed by atoms with Crippen LogP contribution in [0, 0.1) is 0 Å². The van der Waals surface area contributed by atoms with Crippen LogP contribution < -0.4 is 5.32 Å². The van der Waals surface area contributed by atoms with Crippen LogP contribution in [0.15, 0.2) is 47.3 Å². The molecule has 0 radical (unpaired) electrons. The van der Waals surface area contributed by atoms with E-state index in [1.54, 1.807) is 6.20 Å². The monoisotopic (exact) mass is 354 g/mol. The van der Waals surface area contributed by atoms with E-state index in [4.69, 9.17) is 0 Å². The highest BCUT2D eigenvalue weighted by Crippen LogP contribution is 2.30. The van der Waals surface area contributed by atoms with Crippen molar-refractivity contribution in [2.45, 2.75) is 31.5 Å². The summed E-state index contributed by atoms with van der Waals surface area (Å²) in [5.41, 5.74) is 3.57. The van der Waals surface area contributed by atoms with Gasteiger partial charge in [-0.15, -0.1) is 5.10 Å². The zero-order chi connectivity index (χ0) is 17.2. The fourth-order valence-corrected chi connectivity index (χ4v) is 3.89. The van der Waals surface area contributed by atoms with Gasteiger partial charge < -0.3 is 10.4 Å². The van der Waals surface area contributed by atoms with Crippen molar-refractivity contribution in [3.05, 3.63) is 69.7 Å². The molecular weight excluding hydrogens is 336 g/mol. The Kier molecular flexibility index (Phi) is 4.33. The summed E-state index contributed by atoms with van der Waals surface area (Å²) in [5.74, 6) is -0.238. The van der Waals surface area contributed by atoms with Gasteiger partial charge in [0.15, 0.2) is 5.69 Å². The van der Waals surface area contributed by atoms with E-state index < -0.39 is 6.10 Å². The summed E-state index contributed by atoms with van der Waals surface area (Å²) < 4.78 is 1.50. The molecule has 128 valence electrons. The van der Waals surface area contributed by atoms with E-state index in [0.717, 1.165) is 18.4 Å². The normalized spacial score (nSPS) is 17.2. The van der Waals surface area contributed by atoms with Crippen molar-refractivity contribution in [1.82, 2.24) is 20.3 Å². The van der Waals surface area contributed by atoms with Crippen LogP contribution in [0.3, 0.4) is 0 Å². The predicted octanol–water partition coefficient (Wildman–Crippen LogP) is 2.49. The highest BCUT2D eigenvalue weighted by atomic mass is 32.1. The topological polar surface area (TPSA) is 80.0 Å². The van der Waals surface area contributed by atoms with Gasteiger partial charge in [0.1, 0.15) is 0 Å². The predicted molar refractivity (Wildman–Crippen MR) is 94.3 cm³/mol. The summed E-state index contributed by atoms with van der Waals surface area (Å²) in [7, 11) is 0. The summed E-state index contributed by atoms with van der Waals surface area (Å²) in [4.78, 5) is 12.5. The van der Waals surface area contributed by atoms with Crippen LogP contribution in [0.4, 0.5) is 0 Å². The third-order valence-corrected chi connectivity index (χ3v) is 5.20. The van der Waals surface area contributed by atoms with Crippen molar-refractivity contribution in [3.63, 3.8) is 0 Å². The van der Waals surface area contributed by atoms with E-state index in [1.807, 2.05) is 29.0 Å². The van der Waals surface area contributed by atoms with Crippen molar-refractivity contribution in [3.8, 4) is 0 Å². The smallest absolute Gasteiger partial charge is 0.273 e. The zero-order valence-corrected chi connectivity index (χ0v) is 14.3. The third kappa shape index (κ3) is 3.33. The highest BCUT2D eigenvalue weighted by Gasteiger charge is 2.25. The van der Waals surface area contributed by atoms with Crippen molar-refractivity contribution >= 4 is 17.2 Å². The molecule has 1 amide bonds. The molecule has 0 aliphatic heterocycles. The Morgan fingerprint density at radius 2 is 2.28 bits per heavy atom. The molecule has 4 rings (SSSR count). The second kappa shape index (κ2) is 6.78. The molecule has 2 aromatic heterocycles. The number of rotatable bonds is 5. The Hall–Kier alpha value is -2.51. The van der Waals surface area contributed by atoms with Crippen LogP contribution >= 0.6 is 11.3 Å². The second-order valence-electron chi connectivity index (χ2n) is 6.16. The van der Waals surface area contributed by atoms with Crippen molar-refractivity contribution in [1.29, 1.82) is 0 Å². The van der Waals surface area contributed by atoms with Gasteiger partial charge in [-0.3, -0.25) is 4.79 Å². The lowest BCUT2D eigenvalue weighted by molar-refractivity contribution is 0.0931. The van der Waals surface area contributed by atoms with Crippen LogP contribution in [0.5, 0.6) is 0 Å². The molecule has 2 atom stereocenters. The van der Waals surface area contributed by atoms with Gasteiger partial charge in [-0.1, -0.05) is 29.5 Å². The summed E-state index contributed by atoms with van der Waals surface area (Å²) in [6, 6.07) is 10.1. The molecule has 0 bridgehead atoms. The van der Waals surface area contributed by atoms with Gasteiger partial charge in [-0.05, 0) is 46.4 Å². The Morgan fingerprint density at radius 1 is 1.40 bits per heavy atom. The molecule has 0 fully saturated rings. The van der Waals surface area contributed by atoms with E-state index in [1.165, 1.54) is 27.1 Å². The number of nitrogens with one attached hydrogen (secondary N) is 1. The van der Waals surface area contributed by atoms with Gasteiger partial charge in [0.05, 0.1) is 24.9 Å². The number of carbonyl (C=O) groups is 1. The minimum absolute atomic E-state index is 0.0187. The number of nitrogens with zero attached hydrogens (tertiary/aromatic N) is 3. The third-order valence-electron chi connectivity index (χ3n) is 4.50. The van der Waals surface area contributed by atoms with Crippen LogP contribution in [-0.2, 0) is 13.0 Å². The Balaban J connectivity index is 1.41. The lowest BCUT2D eigenvalue weighted by Crippen LogP contribution is -2.27. The van der Waals surface area contributed by atoms with Crippen molar-refractivity contribution in [2.75, 3.05) is 0 Å². The van der Waals surface area contributed by atoms with E-state index in [-0.39, 0.29) is 24.2 Å². The number of hydrogen-bond acceptors (Lipinski definition) is 5. The van der Waals surface area contributed by atoms with Crippen LogP contribution in [0.25, 0.3) is 0 Å². The van der Waals surface area contributed by atoms with Crippen LogP contribution in [0.1, 0.15) is 45.7 Å². The number of aromatic nitrogens is 3. The standard InChI is InChI=1S/C18H18N4O2S/c23-17(13-7-8-25-11-13)10-22-9-16(20-21-22)18(24)19-15-6-5-12-3-1-2-4-14(12)15/h1-4,7-9,11,15,17,23H,5-6,10H2,(H,19,24)/t15-,17+/m1/s1. The van der Waals surface area contributed by atoms with E-state index in [9.17, 15) is 9.90 Å². The number of amides is 1. The molecule has 1 aliphatic carbocycles. The van der Waals surface area contributed by atoms with Gasteiger partial charge in [-0.25, -0.2) is 4.68 Å². The summed E-state index contributed by atoms with van der Waals surface area (Å²) in [6.45, 7) is 0.267. The van der Waals surface area contributed by atoms with Gasteiger partial charge in [0, 0.05) is 0 Å². The van der Waals surface area contributed by atoms with E-state index in [0.29, 0.717) is 0 Å². The minimum Gasteiger partial charge on any atom is -0.386 e. The Bertz CT molecular complexity index is 875. The molecule has 0 unspecified atom stereocenters. The molecule has 0 spiro atoms. The van der Waals surface area contributed by atoms with Gasteiger partial charge in [0.25, 0.3) is 5.91 Å². The Morgan fingerprint density at radius 3 is 3.12 bits per heavy atom. The maximum atomic E-state index is 12.5. The molecule has 25 heavy (non-hydrogen) atoms. The highest BCUT2D eigenvalue weighted by molar-refractivity contribution is 7.07. The Labute approximate surface area is 149 Å². The number of aryl methyl sites for hydroxylation is 1. The molecular formula is C18H18N4O2S. The fraction of sp³-hybridized carbons (Fsp3) is 0.278. The first-order chi connectivity index (χ1) is 12.2.